The zero-order chi connectivity index (χ0) is 47.1. The molecule has 8 aromatic rings. The second kappa shape index (κ2) is 23.8. The summed E-state index contributed by atoms with van der Waals surface area (Å²) in [5.74, 6) is -0.119. The summed E-state index contributed by atoms with van der Waals surface area (Å²) in [6, 6.07) is 66.7. The average Bonchev–Trinajstić information content (AvgIpc) is 3.67. The Labute approximate surface area is 416 Å². The van der Waals surface area contributed by atoms with E-state index in [1.165, 1.54) is 10.6 Å². The van der Waals surface area contributed by atoms with E-state index in [1.807, 2.05) is 128 Å². The lowest BCUT2D eigenvalue weighted by atomic mass is 10.0. The van der Waals surface area contributed by atoms with Crippen molar-refractivity contribution in [2.24, 2.45) is 9.98 Å². The molecule has 10 heteroatoms. The van der Waals surface area contributed by atoms with Gasteiger partial charge in [0.1, 0.15) is 6.29 Å². The fraction of sp³-hybridized carbons (Fsp3) is 0.103. The van der Waals surface area contributed by atoms with Crippen molar-refractivity contribution in [2.75, 3.05) is 31.6 Å². The molecule has 0 radical (unpaired) electrons. The number of nitrogens with one attached hydrogen (secondary N) is 2. The molecule has 0 fully saturated rings. The lowest BCUT2D eigenvalue weighted by Gasteiger charge is -2.22. The van der Waals surface area contributed by atoms with Crippen molar-refractivity contribution in [1.29, 1.82) is 0 Å². The van der Waals surface area contributed by atoms with E-state index in [0.717, 1.165) is 95.7 Å². The number of halogens is 1. The van der Waals surface area contributed by atoms with Crippen LogP contribution in [0.2, 0.25) is 0 Å². The number of nitrogens with zero attached hydrogens (tertiary/aromatic N) is 3. The zero-order valence-electron chi connectivity index (χ0n) is 37.8. The number of carbonyl (C=O) groups is 2. The Morgan fingerprint density at radius 3 is 1.68 bits per heavy atom. The van der Waals surface area contributed by atoms with E-state index in [2.05, 4.69) is 117 Å². The van der Waals surface area contributed by atoms with Crippen LogP contribution in [-0.4, -0.2) is 50.3 Å². The van der Waals surface area contributed by atoms with Gasteiger partial charge >= 0.3 is 0 Å². The molecule has 2 heterocycles. The Morgan fingerprint density at radius 1 is 0.603 bits per heavy atom. The van der Waals surface area contributed by atoms with Gasteiger partial charge in [0.15, 0.2) is 0 Å². The summed E-state index contributed by atoms with van der Waals surface area (Å²) < 4.78 is 0.980. The van der Waals surface area contributed by atoms with Gasteiger partial charge in [-0.25, -0.2) is 9.98 Å². The smallest absolute Gasteiger partial charge is 0.251 e. The third kappa shape index (κ3) is 12.0. The molecule has 0 bridgehead atoms. The number of rotatable bonds is 11. The molecule has 0 aliphatic carbocycles. The summed E-state index contributed by atoms with van der Waals surface area (Å²) in [5.41, 5.74) is 11.4. The molecular formula is C58H50BrN5O2S2. The van der Waals surface area contributed by atoms with E-state index < -0.39 is 0 Å². The monoisotopic (exact) mass is 991 g/mol. The van der Waals surface area contributed by atoms with Gasteiger partial charge in [0.05, 0.1) is 22.8 Å². The first-order valence-corrected chi connectivity index (χ1v) is 24.9. The fourth-order valence-electron chi connectivity index (χ4n) is 7.62. The molecular weight excluding hydrogens is 943 g/mol. The third-order valence-electron chi connectivity index (χ3n) is 11.2. The molecule has 0 spiro atoms. The Kier molecular flexibility index (Phi) is 16.7. The number of para-hydroxylation sites is 1. The maximum atomic E-state index is 12.9. The van der Waals surface area contributed by atoms with Gasteiger partial charge in [0.2, 0.25) is 0 Å². The highest BCUT2D eigenvalue weighted by molar-refractivity contribution is 9.10. The molecule has 0 aromatic heterocycles. The van der Waals surface area contributed by atoms with Crippen molar-refractivity contribution >= 4 is 80.1 Å². The van der Waals surface area contributed by atoms with E-state index in [1.54, 1.807) is 23.5 Å². The van der Waals surface area contributed by atoms with Crippen LogP contribution in [0.5, 0.6) is 0 Å². The minimum atomic E-state index is -0.119. The van der Waals surface area contributed by atoms with Crippen LogP contribution < -0.4 is 15.5 Å². The number of likely N-dealkylation sites (N-methyl/N-ethyl adjacent to an activating group) is 2. The number of amides is 1. The summed E-state index contributed by atoms with van der Waals surface area (Å²) >= 11 is 6.90. The van der Waals surface area contributed by atoms with Gasteiger partial charge in [-0.15, -0.1) is 0 Å². The first-order chi connectivity index (χ1) is 33.4. The largest absolute Gasteiger partial charge is 0.371 e. The number of aldehydes is 1. The van der Waals surface area contributed by atoms with Gasteiger partial charge < -0.3 is 15.5 Å². The van der Waals surface area contributed by atoms with Crippen LogP contribution in [0.25, 0.3) is 0 Å². The van der Waals surface area contributed by atoms with Crippen LogP contribution >= 0.6 is 39.5 Å². The highest BCUT2D eigenvalue weighted by atomic mass is 79.9. The maximum absolute atomic E-state index is 12.9. The quantitative estimate of drug-likeness (QED) is 0.126. The van der Waals surface area contributed by atoms with Crippen LogP contribution in [0.4, 0.5) is 17.1 Å². The van der Waals surface area contributed by atoms with Crippen LogP contribution in [0.1, 0.15) is 55.5 Å². The molecule has 7 nitrogen and oxygen atoms in total. The number of anilines is 1. The van der Waals surface area contributed by atoms with Crippen LogP contribution in [0.15, 0.2) is 234 Å². The number of hydrogen-bond acceptors (Lipinski definition) is 8. The van der Waals surface area contributed by atoms with E-state index in [-0.39, 0.29) is 5.91 Å². The molecule has 1 amide bonds. The number of aliphatic imine (C=N–C) groups is 2. The Hall–Kier alpha value is -6.82. The fourth-order valence-corrected chi connectivity index (χ4v) is 10.1. The Balaban J connectivity index is 0.000000151. The summed E-state index contributed by atoms with van der Waals surface area (Å²) in [6.07, 6.45) is 0.862. The maximum Gasteiger partial charge on any atom is 0.251 e. The van der Waals surface area contributed by atoms with E-state index in [0.29, 0.717) is 17.7 Å². The molecule has 0 atom stereocenters. The standard InChI is InChI=1S/C27H19BrN2OS.C20H13NOS.C11H18N2/c28-22-12-6-4-10-20(22)17-29-27(31)19-14-15-25-23(16-19)30-26(18-8-2-1-3-9-18)21-11-5-7-13-24(21)32-25;22-13-14-10-11-19-17(12-14)21-20(15-6-2-1-3-7-15)16-8-4-5-9-18(16)23-19;1-3-13(10-9-12-2)11-7-5-4-6-8-11/h1-16H,17H2,(H,29,31);1-13H;4-8,12H,3,9-10H2,1-2H3. The van der Waals surface area contributed by atoms with Gasteiger partial charge in [-0.2, -0.15) is 0 Å². The van der Waals surface area contributed by atoms with Gasteiger partial charge in [-0.1, -0.05) is 179 Å². The SMILES string of the molecule is CCN(CCNC)c1ccccc1.O=C(NCc1ccccc1Br)c1ccc2c(c1)N=C(c1ccccc1)c1ccccc1S2.O=Cc1ccc2c(c1)N=C(c1ccccc1)c1ccccc1S2. The molecule has 10 rings (SSSR count). The predicted octanol–water partition coefficient (Wildman–Crippen LogP) is 13.9. The first-order valence-electron chi connectivity index (χ1n) is 22.4. The van der Waals surface area contributed by atoms with Crippen molar-refractivity contribution in [3.63, 3.8) is 0 Å². The van der Waals surface area contributed by atoms with Crippen molar-refractivity contribution < 1.29 is 9.59 Å². The van der Waals surface area contributed by atoms with E-state index in [4.69, 9.17) is 9.98 Å². The zero-order valence-corrected chi connectivity index (χ0v) is 41.0. The molecule has 338 valence electrons. The van der Waals surface area contributed by atoms with Crippen LogP contribution in [0.3, 0.4) is 0 Å². The molecule has 2 aliphatic rings. The van der Waals surface area contributed by atoms with Gasteiger partial charge in [0.25, 0.3) is 5.91 Å². The normalized spacial score (nSPS) is 11.9. The summed E-state index contributed by atoms with van der Waals surface area (Å²) in [7, 11) is 1.98. The minimum Gasteiger partial charge on any atom is -0.371 e. The Bertz CT molecular complexity index is 3060. The number of carbonyl (C=O) groups excluding carboxylic acids is 2. The molecule has 0 saturated carbocycles. The number of benzene rings is 8. The summed E-state index contributed by atoms with van der Waals surface area (Å²) in [4.78, 5) is 40.7. The predicted molar refractivity (Wildman–Crippen MR) is 286 cm³/mol. The van der Waals surface area contributed by atoms with E-state index >= 15 is 0 Å². The molecule has 8 aromatic carbocycles. The average molecular weight is 993 g/mol. The Morgan fingerprint density at radius 2 is 1.12 bits per heavy atom. The minimum absolute atomic E-state index is 0.119. The molecule has 68 heavy (non-hydrogen) atoms. The summed E-state index contributed by atoms with van der Waals surface area (Å²) in [6.45, 7) is 5.80. The highest BCUT2D eigenvalue weighted by Crippen LogP contribution is 2.43. The van der Waals surface area contributed by atoms with Crippen molar-refractivity contribution in [1.82, 2.24) is 10.6 Å². The number of hydrogen-bond donors (Lipinski definition) is 2. The molecule has 2 aliphatic heterocycles. The molecule has 0 saturated heterocycles. The second-order valence-electron chi connectivity index (χ2n) is 15.7. The van der Waals surface area contributed by atoms with Crippen LogP contribution in [0, 0.1) is 0 Å². The van der Waals surface area contributed by atoms with E-state index in [9.17, 15) is 9.59 Å². The van der Waals surface area contributed by atoms with Crippen molar-refractivity contribution in [3.8, 4) is 0 Å². The molecule has 0 unspecified atom stereocenters. The number of fused-ring (bicyclic) bond motifs is 4. The molecule has 2 N–H and O–H groups in total. The second-order valence-corrected chi connectivity index (χ2v) is 18.7. The van der Waals surface area contributed by atoms with Crippen molar-refractivity contribution in [2.45, 2.75) is 33.1 Å². The lowest BCUT2D eigenvalue weighted by Crippen LogP contribution is -2.30. The van der Waals surface area contributed by atoms with Crippen molar-refractivity contribution in [3.05, 3.63) is 244 Å². The third-order valence-corrected chi connectivity index (χ3v) is 14.2. The topological polar surface area (TPSA) is 86.2 Å². The lowest BCUT2D eigenvalue weighted by molar-refractivity contribution is 0.0950. The van der Waals surface area contributed by atoms with Crippen LogP contribution in [-0.2, 0) is 6.54 Å². The highest BCUT2D eigenvalue weighted by Gasteiger charge is 2.21. The first kappa shape index (κ1) is 47.7. The summed E-state index contributed by atoms with van der Waals surface area (Å²) in [5, 5.41) is 6.17. The van der Waals surface area contributed by atoms with Gasteiger partial charge in [-0.3, -0.25) is 9.59 Å². The van der Waals surface area contributed by atoms with Gasteiger partial charge in [0, 0.05) is 89.3 Å². The van der Waals surface area contributed by atoms with Gasteiger partial charge in [-0.05, 0) is 80.2 Å².